The van der Waals surface area contributed by atoms with Crippen LogP contribution >= 0.6 is 0 Å². The highest BCUT2D eigenvalue weighted by Crippen LogP contribution is 2.12. The number of rotatable bonds is 3. The normalized spacial score (nSPS) is 11.0. The van der Waals surface area contributed by atoms with Crippen molar-refractivity contribution >= 4 is 17.9 Å². The van der Waals surface area contributed by atoms with Crippen LogP contribution in [0, 0.1) is 0 Å². The molecule has 0 aromatic carbocycles. The molecule has 7 nitrogen and oxygen atoms in total. The van der Waals surface area contributed by atoms with Gasteiger partial charge in [-0.05, 0) is 27.7 Å². The first kappa shape index (κ1) is 15.0. The van der Waals surface area contributed by atoms with Crippen LogP contribution in [-0.2, 0) is 16.5 Å². The predicted octanol–water partition coefficient (Wildman–Crippen LogP) is 1.94. The Morgan fingerprint density at radius 3 is 2.58 bits per heavy atom. The Hall–Kier alpha value is -2.05. The van der Waals surface area contributed by atoms with E-state index in [4.69, 9.17) is 9.47 Å². The summed E-state index contributed by atoms with van der Waals surface area (Å²) in [6.07, 6.45) is -0.624. The number of aromatic nitrogens is 2. The van der Waals surface area contributed by atoms with Gasteiger partial charge >= 0.3 is 12.1 Å². The van der Waals surface area contributed by atoms with Gasteiger partial charge in [0.25, 0.3) is 0 Å². The van der Waals surface area contributed by atoms with E-state index in [9.17, 15) is 9.59 Å². The summed E-state index contributed by atoms with van der Waals surface area (Å²) in [6, 6.07) is 1.43. The molecule has 1 amide bonds. The highest BCUT2D eigenvalue weighted by molar-refractivity contribution is 5.90. The Bertz CT molecular complexity index is 474. The van der Waals surface area contributed by atoms with Gasteiger partial charge < -0.3 is 9.47 Å². The molecule has 0 aliphatic rings. The summed E-state index contributed by atoms with van der Waals surface area (Å²) in [4.78, 5) is 23.1. The Labute approximate surface area is 111 Å². The highest BCUT2D eigenvalue weighted by Gasteiger charge is 2.19. The van der Waals surface area contributed by atoms with E-state index in [1.165, 1.54) is 10.7 Å². The molecule has 1 rings (SSSR count). The van der Waals surface area contributed by atoms with E-state index in [1.54, 1.807) is 34.7 Å². The molecule has 1 aromatic heterocycles. The van der Waals surface area contributed by atoms with Crippen molar-refractivity contribution in [1.29, 1.82) is 0 Å². The SMILES string of the molecule is CCOC(=O)c1cc(NC(=O)OC(C)(C)C)nn1C. The molecule has 0 spiro atoms. The van der Waals surface area contributed by atoms with Gasteiger partial charge in [0.2, 0.25) is 0 Å². The van der Waals surface area contributed by atoms with Crippen LogP contribution in [0.25, 0.3) is 0 Å². The number of nitrogens with one attached hydrogen (secondary N) is 1. The molecule has 19 heavy (non-hydrogen) atoms. The summed E-state index contributed by atoms with van der Waals surface area (Å²) < 4.78 is 11.3. The maximum atomic E-state index is 11.6. The maximum Gasteiger partial charge on any atom is 0.413 e. The van der Waals surface area contributed by atoms with Gasteiger partial charge in [-0.1, -0.05) is 0 Å². The smallest absolute Gasteiger partial charge is 0.413 e. The van der Waals surface area contributed by atoms with Crippen molar-refractivity contribution in [1.82, 2.24) is 9.78 Å². The third kappa shape index (κ3) is 4.61. The van der Waals surface area contributed by atoms with Crippen molar-refractivity contribution in [3.8, 4) is 0 Å². The van der Waals surface area contributed by atoms with Gasteiger partial charge in [-0.25, -0.2) is 9.59 Å². The van der Waals surface area contributed by atoms with E-state index in [-0.39, 0.29) is 18.1 Å². The van der Waals surface area contributed by atoms with Crippen LogP contribution < -0.4 is 5.32 Å². The average molecular weight is 269 g/mol. The minimum absolute atomic E-state index is 0.236. The lowest BCUT2D eigenvalue weighted by atomic mass is 10.2. The monoisotopic (exact) mass is 269 g/mol. The second-order valence-electron chi connectivity index (χ2n) is 4.89. The van der Waals surface area contributed by atoms with Gasteiger partial charge in [0, 0.05) is 13.1 Å². The number of aryl methyl sites for hydroxylation is 1. The molecule has 0 bridgehead atoms. The molecular weight excluding hydrogens is 250 g/mol. The molecule has 0 unspecified atom stereocenters. The fraction of sp³-hybridized carbons (Fsp3) is 0.583. The first-order valence-electron chi connectivity index (χ1n) is 5.94. The largest absolute Gasteiger partial charge is 0.461 e. The van der Waals surface area contributed by atoms with E-state index in [2.05, 4.69) is 10.4 Å². The van der Waals surface area contributed by atoms with Crippen molar-refractivity contribution in [2.45, 2.75) is 33.3 Å². The van der Waals surface area contributed by atoms with Crippen LogP contribution in [-0.4, -0.2) is 34.1 Å². The summed E-state index contributed by atoms with van der Waals surface area (Å²) in [7, 11) is 1.59. The minimum atomic E-state index is -0.624. The Morgan fingerprint density at radius 1 is 1.42 bits per heavy atom. The molecule has 0 aliphatic heterocycles. The molecule has 0 atom stereocenters. The van der Waals surface area contributed by atoms with Crippen molar-refractivity contribution in [3.05, 3.63) is 11.8 Å². The predicted molar refractivity (Wildman–Crippen MR) is 69.0 cm³/mol. The average Bonchev–Trinajstić information content (AvgIpc) is 2.56. The molecule has 0 fully saturated rings. The van der Waals surface area contributed by atoms with Crippen molar-refractivity contribution in [2.75, 3.05) is 11.9 Å². The molecular formula is C12H19N3O4. The lowest BCUT2D eigenvalue weighted by Crippen LogP contribution is -2.27. The van der Waals surface area contributed by atoms with Crippen LogP contribution in [0.1, 0.15) is 38.2 Å². The van der Waals surface area contributed by atoms with Crippen LogP contribution in [0.15, 0.2) is 6.07 Å². The molecule has 0 saturated heterocycles. The first-order valence-corrected chi connectivity index (χ1v) is 5.94. The molecule has 0 radical (unpaired) electrons. The van der Waals surface area contributed by atoms with E-state index in [0.29, 0.717) is 0 Å². The number of esters is 1. The van der Waals surface area contributed by atoms with Gasteiger partial charge in [0.1, 0.15) is 11.3 Å². The number of ether oxygens (including phenoxy) is 2. The number of carbonyl (C=O) groups is 2. The number of carbonyl (C=O) groups excluding carboxylic acids is 2. The molecule has 0 saturated carbocycles. The van der Waals surface area contributed by atoms with Gasteiger partial charge in [-0.2, -0.15) is 5.10 Å². The maximum absolute atomic E-state index is 11.6. The topological polar surface area (TPSA) is 82.4 Å². The fourth-order valence-corrected chi connectivity index (χ4v) is 1.33. The number of nitrogens with zero attached hydrogens (tertiary/aromatic N) is 2. The Morgan fingerprint density at radius 2 is 2.05 bits per heavy atom. The quantitative estimate of drug-likeness (QED) is 0.848. The number of hydrogen-bond donors (Lipinski definition) is 1. The number of amides is 1. The first-order chi connectivity index (χ1) is 8.73. The summed E-state index contributed by atoms with van der Waals surface area (Å²) in [5, 5.41) is 6.44. The van der Waals surface area contributed by atoms with E-state index in [0.717, 1.165) is 0 Å². The summed E-state index contributed by atoms with van der Waals surface area (Å²) in [5.74, 6) is -0.255. The summed E-state index contributed by atoms with van der Waals surface area (Å²) in [5.41, 5.74) is -0.337. The molecule has 1 heterocycles. The van der Waals surface area contributed by atoms with Crippen LogP contribution in [0.3, 0.4) is 0 Å². The molecule has 1 N–H and O–H groups in total. The third-order valence-corrected chi connectivity index (χ3v) is 1.99. The molecule has 106 valence electrons. The molecule has 1 aromatic rings. The summed E-state index contributed by atoms with van der Waals surface area (Å²) in [6.45, 7) is 7.27. The zero-order valence-electron chi connectivity index (χ0n) is 11.8. The van der Waals surface area contributed by atoms with Gasteiger partial charge in [-0.15, -0.1) is 0 Å². The fourth-order valence-electron chi connectivity index (χ4n) is 1.33. The van der Waals surface area contributed by atoms with Gasteiger partial charge in [-0.3, -0.25) is 10.00 Å². The minimum Gasteiger partial charge on any atom is -0.461 e. The van der Waals surface area contributed by atoms with Gasteiger partial charge in [0.05, 0.1) is 6.61 Å². The van der Waals surface area contributed by atoms with E-state index < -0.39 is 17.7 Å². The van der Waals surface area contributed by atoms with Gasteiger partial charge in [0.15, 0.2) is 5.82 Å². The zero-order chi connectivity index (χ0) is 14.6. The number of hydrogen-bond acceptors (Lipinski definition) is 5. The van der Waals surface area contributed by atoms with E-state index >= 15 is 0 Å². The van der Waals surface area contributed by atoms with Crippen LogP contribution in [0.5, 0.6) is 0 Å². The Balaban J connectivity index is 2.74. The lowest BCUT2D eigenvalue weighted by molar-refractivity contribution is 0.0512. The lowest BCUT2D eigenvalue weighted by Gasteiger charge is -2.18. The van der Waals surface area contributed by atoms with Crippen molar-refractivity contribution in [2.24, 2.45) is 7.05 Å². The standard InChI is InChI=1S/C12H19N3O4/c1-6-18-10(16)8-7-9(14-15(8)5)13-11(17)19-12(2,3)4/h7H,6H2,1-5H3,(H,13,14,17). The Kier molecular flexibility index (Phi) is 4.52. The second kappa shape index (κ2) is 5.73. The highest BCUT2D eigenvalue weighted by atomic mass is 16.6. The summed E-state index contributed by atoms with van der Waals surface area (Å²) >= 11 is 0. The van der Waals surface area contributed by atoms with Crippen molar-refractivity contribution in [3.63, 3.8) is 0 Å². The zero-order valence-corrected chi connectivity index (χ0v) is 11.8. The number of anilines is 1. The van der Waals surface area contributed by atoms with Crippen molar-refractivity contribution < 1.29 is 19.1 Å². The van der Waals surface area contributed by atoms with Crippen LogP contribution in [0.4, 0.5) is 10.6 Å². The molecule has 0 aliphatic carbocycles. The third-order valence-electron chi connectivity index (χ3n) is 1.99. The second-order valence-corrected chi connectivity index (χ2v) is 4.89. The molecule has 7 heteroatoms. The van der Waals surface area contributed by atoms with E-state index in [1.807, 2.05) is 0 Å². The van der Waals surface area contributed by atoms with Crippen LogP contribution in [0.2, 0.25) is 0 Å².